The number of carbonyl (C=O) groups excluding carboxylic acids is 1. The van der Waals surface area contributed by atoms with Crippen LogP contribution in [-0.4, -0.2) is 78.6 Å². The number of aryl methyl sites for hydroxylation is 1. The number of halogens is 3. The third-order valence-corrected chi connectivity index (χ3v) is 6.30. The van der Waals surface area contributed by atoms with Gasteiger partial charge in [-0.3, -0.25) is 9.69 Å². The summed E-state index contributed by atoms with van der Waals surface area (Å²) in [6.45, 7) is 5.38. The molecule has 0 spiro atoms. The van der Waals surface area contributed by atoms with Crippen LogP contribution in [0.1, 0.15) is 36.5 Å². The van der Waals surface area contributed by atoms with Gasteiger partial charge in [-0.1, -0.05) is 23.8 Å². The molecule has 7 nitrogen and oxygen atoms in total. The minimum absolute atomic E-state index is 0.239. The van der Waals surface area contributed by atoms with Gasteiger partial charge in [0.1, 0.15) is 0 Å². The van der Waals surface area contributed by atoms with Crippen LogP contribution in [0.5, 0.6) is 0 Å². The van der Waals surface area contributed by atoms with Crippen molar-refractivity contribution in [2.45, 2.75) is 50.9 Å². The van der Waals surface area contributed by atoms with Gasteiger partial charge < -0.3 is 19.5 Å². The summed E-state index contributed by atoms with van der Waals surface area (Å²) in [5.74, 6) is -0.862. The minimum Gasteiger partial charge on any atom is -0.481 e. The van der Waals surface area contributed by atoms with Gasteiger partial charge in [0.05, 0.1) is 5.41 Å². The number of carboxylic acids is 1. The van der Waals surface area contributed by atoms with E-state index in [1.807, 2.05) is 25.1 Å². The molecule has 1 aromatic carbocycles. The smallest absolute Gasteiger partial charge is 0.425 e. The van der Waals surface area contributed by atoms with Gasteiger partial charge in [0.2, 0.25) is 0 Å². The van der Waals surface area contributed by atoms with E-state index < -0.39 is 29.8 Å². The molecular weight excluding hydrogens is 429 g/mol. The Hall–Kier alpha value is -2.33. The normalized spacial score (nSPS) is 20.6. The lowest BCUT2D eigenvalue weighted by Gasteiger charge is -2.38. The number of amides is 1. The number of piperazine rings is 1. The molecule has 0 aromatic heterocycles. The summed E-state index contributed by atoms with van der Waals surface area (Å²) >= 11 is 0. The quantitative estimate of drug-likeness (QED) is 0.729. The van der Waals surface area contributed by atoms with Crippen LogP contribution in [0.3, 0.4) is 0 Å². The summed E-state index contributed by atoms with van der Waals surface area (Å²) < 4.78 is 47.8. The summed E-state index contributed by atoms with van der Waals surface area (Å²) in [6.07, 6.45) is -6.93. The molecule has 2 fully saturated rings. The van der Waals surface area contributed by atoms with E-state index in [0.29, 0.717) is 45.7 Å². The Morgan fingerprint density at radius 2 is 1.81 bits per heavy atom. The van der Waals surface area contributed by atoms with E-state index in [0.717, 1.165) is 23.6 Å². The third-order valence-electron chi connectivity index (χ3n) is 6.30. The van der Waals surface area contributed by atoms with Crippen molar-refractivity contribution in [3.63, 3.8) is 0 Å². The summed E-state index contributed by atoms with van der Waals surface area (Å²) in [4.78, 5) is 27.7. The highest BCUT2D eigenvalue weighted by atomic mass is 19.4. The Labute approximate surface area is 185 Å². The van der Waals surface area contributed by atoms with E-state index in [9.17, 15) is 27.9 Å². The van der Waals surface area contributed by atoms with Crippen LogP contribution in [0.15, 0.2) is 18.2 Å². The van der Waals surface area contributed by atoms with E-state index in [1.54, 1.807) is 0 Å². The van der Waals surface area contributed by atoms with Crippen molar-refractivity contribution in [2.75, 3.05) is 39.4 Å². The fraction of sp³-hybridized carbons (Fsp3) is 0.636. The molecule has 2 aliphatic rings. The fourth-order valence-corrected chi connectivity index (χ4v) is 4.21. The van der Waals surface area contributed by atoms with Gasteiger partial charge in [-0.15, -0.1) is 0 Å². The minimum atomic E-state index is -4.59. The highest BCUT2D eigenvalue weighted by Crippen LogP contribution is 2.38. The number of aliphatic carboxylic acids is 1. The zero-order valence-corrected chi connectivity index (χ0v) is 18.3. The van der Waals surface area contributed by atoms with Crippen molar-refractivity contribution in [2.24, 2.45) is 0 Å². The van der Waals surface area contributed by atoms with Crippen LogP contribution >= 0.6 is 0 Å². The summed E-state index contributed by atoms with van der Waals surface area (Å²) in [5.41, 5.74) is 1.66. The van der Waals surface area contributed by atoms with Gasteiger partial charge in [0, 0.05) is 45.9 Å². The van der Waals surface area contributed by atoms with E-state index >= 15 is 0 Å². The van der Waals surface area contributed by atoms with Crippen LogP contribution in [0.2, 0.25) is 0 Å². The Kier molecular flexibility index (Phi) is 7.34. The predicted molar refractivity (Wildman–Crippen MR) is 109 cm³/mol. The van der Waals surface area contributed by atoms with Gasteiger partial charge in [0.25, 0.3) is 0 Å². The van der Waals surface area contributed by atoms with Crippen LogP contribution in [0.4, 0.5) is 18.0 Å². The second-order valence-electron chi connectivity index (χ2n) is 8.49. The molecule has 0 bridgehead atoms. The first kappa shape index (κ1) is 24.3. The molecule has 3 rings (SSSR count). The first-order valence-electron chi connectivity index (χ1n) is 10.7. The van der Waals surface area contributed by atoms with Crippen LogP contribution in [0, 0.1) is 6.92 Å². The van der Waals surface area contributed by atoms with E-state index in [4.69, 9.17) is 4.74 Å². The summed E-state index contributed by atoms with van der Waals surface area (Å²) in [5, 5.41) is 10.1. The topological polar surface area (TPSA) is 79.3 Å². The number of ether oxygens (including phenoxy) is 2. The summed E-state index contributed by atoms with van der Waals surface area (Å²) in [6, 6.07) is 5.82. The number of benzene rings is 1. The van der Waals surface area contributed by atoms with Crippen molar-refractivity contribution < 1.29 is 37.3 Å². The number of carbonyl (C=O) groups is 2. The molecule has 0 radical (unpaired) electrons. The Balaban J connectivity index is 1.68. The lowest BCUT2D eigenvalue weighted by atomic mass is 9.72. The van der Waals surface area contributed by atoms with Crippen LogP contribution < -0.4 is 0 Å². The number of hydrogen-bond donors (Lipinski definition) is 1. The van der Waals surface area contributed by atoms with Crippen molar-refractivity contribution in [3.05, 3.63) is 34.9 Å². The lowest BCUT2D eigenvalue weighted by molar-refractivity contribution is -0.200. The molecule has 2 heterocycles. The van der Waals surface area contributed by atoms with Gasteiger partial charge in [0.15, 0.2) is 6.10 Å². The largest absolute Gasteiger partial charge is 0.481 e. The zero-order chi connectivity index (χ0) is 23.5. The van der Waals surface area contributed by atoms with Crippen molar-refractivity contribution in [3.8, 4) is 0 Å². The van der Waals surface area contributed by atoms with E-state index in [2.05, 4.69) is 9.64 Å². The number of rotatable bonds is 5. The average molecular weight is 458 g/mol. The zero-order valence-electron chi connectivity index (χ0n) is 18.3. The maximum Gasteiger partial charge on any atom is 0.425 e. The molecule has 1 aromatic rings. The van der Waals surface area contributed by atoms with Crippen molar-refractivity contribution in [1.82, 2.24) is 9.80 Å². The molecule has 0 aliphatic carbocycles. The van der Waals surface area contributed by atoms with Gasteiger partial charge >= 0.3 is 18.2 Å². The molecule has 0 saturated carbocycles. The Bertz CT molecular complexity index is 831. The van der Waals surface area contributed by atoms with Gasteiger partial charge in [-0.2, -0.15) is 13.2 Å². The molecule has 1 N–H and O–H groups in total. The van der Waals surface area contributed by atoms with Crippen molar-refractivity contribution in [1.29, 1.82) is 0 Å². The van der Waals surface area contributed by atoms with Gasteiger partial charge in [-0.05, 0) is 37.8 Å². The van der Waals surface area contributed by atoms with E-state index in [-0.39, 0.29) is 13.1 Å². The third kappa shape index (κ3) is 5.35. The molecule has 178 valence electrons. The first-order chi connectivity index (χ1) is 15.0. The Morgan fingerprint density at radius 3 is 2.38 bits per heavy atom. The SMILES string of the molecule is Cc1ccc(CN2CCN(C(=O)OC(C)C(F)(F)F)CC2)c(C2(C(=O)O)CCOCC2)c1. The predicted octanol–water partition coefficient (Wildman–Crippen LogP) is 3.33. The highest BCUT2D eigenvalue weighted by Gasteiger charge is 2.44. The highest BCUT2D eigenvalue weighted by molar-refractivity contribution is 5.82. The van der Waals surface area contributed by atoms with Gasteiger partial charge in [-0.25, -0.2) is 4.79 Å². The van der Waals surface area contributed by atoms with Crippen molar-refractivity contribution >= 4 is 12.1 Å². The molecule has 2 saturated heterocycles. The number of alkyl halides is 3. The maximum atomic E-state index is 12.6. The molecule has 32 heavy (non-hydrogen) atoms. The summed E-state index contributed by atoms with van der Waals surface area (Å²) in [7, 11) is 0. The number of hydrogen-bond acceptors (Lipinski definition) is 5. The second-order valence-corrected chi connectivity index (χ2v) is 8.49. The lowest BCUT2D eigenvalue weighted by Crippen LogP contribution is -2.50. The molecule has 2 aliphatic heterocycles. The fourth-order valence-electron chi connectivity index (χ4n) is 4.21. The van der Waals surface area contributed by atoms with Crippen LogP contribution in [0.25, 0.3) is 0 Å². The molecule has 1 atom stereocenters. The molecular formula is C22H29F3N2O5. The average Bonchev–Trinajstić information content (AvgIpc) is 2.75. The molecule has 10 heteroatoms. The number of carboxylic acid groups (broad SMARTS) is 1. The maximum absolute atomic E-state index is 12.6. The second kappa shape index (κ2) is 9.66. The molecule has 1 unspecified atom stereocenters. The molecule has 1 amide bonds. The van der Waals surface area contributed by atoms with E-state index in [1.165, 1.54) is 4.90 Å². The monoisotopic (exact) mass is 458 g/mol. The van der Waals surface area contributed by atoms with Crippen LogP contribution in [-0.2, 0) is 26.2 Å². The number of nitrogens with zero attached hydrogens (tertiary/aromatic N) is 2. The standard InChI is InChI=1S/C22H29F3N2O5/c1-15-3-4-17(18(13-15)21(19(28)29)5-11-31-12-6-21)14-26-7-9-27(10-8-26)20(30)32-16(2)22(23,24)25/h3-4,13,16H,5-12,14H2,1-2H3,(H,28,29). The first-order valence-corrected chi connectivity index (χ1v) is 10.7. The Morgan fingerprint density at radius 1 is 1.19 bits per heavy atom.